The summed E-state index contributed by atoms with van der Waals surface area (Å²) in [5.74, 6) is 0. The summed E-state index contributed by atoms with van der Waals surface area (Å²) in [4.78, 5) is 3.36. The summed E-state index contributed by atoms with van der Waals surface area (Å²) in [6, 6.07) is 0. The average Bonchev–Trinajstić information content (AvgIpc) is 2.62. The van der Waals surface area contributed by atoms with Gasteiger partial charge in [0.05, 0.1) is 11.5 Å². The van der Waals surface area contributed by atoms with Crippen molar-refractivity contribution < 1.29 is 23.0 Å². The van der Waals surface area contributed by atoms with Gasteiger partial charge in [0.15, 0.2) is 5.01 Å². The van der Waals surface area contributed by atoms with Gasteiger partial charge in [-0.2, -0.15) is 13.2 Å². The molecule has 0 amide bonds. The average molecular weight is 241 g/mol. The van der Waals surface area contributed by atoms with Gasteiger partial charge in [-0.15, -0.1) is 11.3 Å². The van der Waals surface area contributed by atoms with E-state index in [4.69, 9.17) is 4.74 Å². The van der Waals surface area contributed by atoms with Crippen LogP contribution < -0.4 is 0 Å². The van der Waals surface area contributed by atoms with E-state index < -0.39 is 17.3 Å². The molecule has 1 aromatic heterocycles. The first-order chi connectivity index (χ1) is 6.95. The molecule has 0 aromatic carbocycles. The fraction of sp³-hybridized carbons (Fsp3) is 0.625. The molecule has 7 heteroatoms. The predicted octanol–water partition coefficient (Wildman–Crippen LogP) is 2.23. The van der Waals surface area contributed by atoms with Crippen LogP contribution in [-0.4, -0.2) is 23.3 Å². The van der Waals surface area contributed by atoms with E-state index in [2.05, 4.69) is 4.98 Å². The van der Waals surface area contributed by atoms with Crippen molar-refractivity contribution in [1.82, 2.24) is 4.98 Å². The first-order valence-electron chi connectivity index (χ1n) is 4.24. The molecule has 1 N–H and O–H groups in total. The van der Waals surface area contributed by atoms with Gasteiger partial charge in [-0.25, -0.2) is 4.98 Å². The van der Waals surface area contributed by atoms with Gasteiger partial charge in [0, 0.05) is 12.8 Å². The lowest BCUT2D eigenvalue weighted by Gasteiger charge is -2.06. The summed E-state index contributed by atoms with van der Waals surface area (Å²) in [6.45, 7) is 2.12. The van der Waals surface area contributed by atoms with Crippen molar-refractivity contribution in [2.24, 2.45) is 0 Å². The smallest absolute Gasteiger partial charge is 0.385 e. The molecule has 86 valence electrons. The Hall–Kier alpha value is -0.660. The Morgan fingerprint density at radius 2 is 2.27 bits per heavy atom. The summed E-state index contributed by atoms with van der Waals surface area (Å²) in [7, 11) is 0. The van der Waals surface area contributed by atoms with Crippen LogP contribution >= 0.6 is 11.3 Å². The third kappa shape index (κ3) is 3.44. The van der Waals surface area contributed by atoms with E-state index in [1.54, 1.807) is 6.92 Å². The lowest BCUT2D eigenvalue weighted by Crippen LogP contribution is -2.05. The normalized spacial score (nSPS) is 14.2. The SMILES string of the molecule is CCOCC(O)c1cnc(C(F)(F)F)s1. The molecule has 1 aromatic rings. The number of nitrogens with zero attached hydrogens (tertiary/aromatic N) is 1. The Labute approximate surface area is 88.5 Å². The second-order valence-corrected chi connectivity index (χ2v) is 3.80. The highest BCUT2D eigenvalue weighted by Gasteiger charge is 2.35. The lowest BCUT2D eigenvalue weighted by molar-refractivity contribution is -0.137. The van der Waals surface area contributed by atoms with E-state index >= 15 is 0 Å². The Kier molecular flexibility index (Phi) is 4.06. The monoisotopic (exact) mass is 241 g/mol. The van der Waals surface area contributed by atoms with Crippen LogP contribution in [0.4, 0.5) is 13.2 Å². The van der Waals surface area contributed by atoms with E-state index in [1.807, 2.05) is 0 Å². The van der Waals surface area contributed by atoms with Crippen LogP contribution in [0, 0.1) is 0 Å². The molecule has 0 saturated heterocycles. The first kappa shape index (κ1) is 12.4. The molecule has 0 saturated carbocycles. The zero-order chi connectivity index (χ0) is 11.5. The van der Waals surface area contributed by atoms with Gasteiger partial charge in [-0.3, -0.25) is 0 Å². The highest BCUT2D eigenvalue weighted by atomic mass is 32.1. The quantitative estimate of drug-likeness (QED) is 0.879. The fourth-order valence-corrected chi connectivity index (χ4v) is 1.64. The number of ether oxygens (including phenoxy) is 1. The van der Waals surface area contributed by atoms with Crippen molar-refractivity contribution in [2.45, 2.75) is 19.2 Å². The van der Waals surface area contributed by atoms with Gasteiger partial charge in [0.2, 0.25) is 0 Å². The van der Waals surface area contributed by atoms with Gasteiger partial charge in [-0.05, 0) is 6.92 Å². The predicted molar refractivity (Wildman–Crippen MR) is 48.6 cm³/mol. The fourth-order valence-electron chi connectivity index (χ4n) is 0.883. The van der Waals surface area contributed by atoms with Crippen molar-refractivity contribution in [3.05, 3.63) is 16.1 Å². The maximum Gasteiger partial charge on any atom is 0.443 e. The van der Waals surface area contributed by atoms with Crippen LogP contribution in [0.5, 0.6) is 0 Å². The zero-order valence-corrected chi connectivity index (χ0v) is 8.73. The van der Waals surface area contributed by atoms with Crippen LogP contribution in [0.1, 0.15) is 22.9 Å². The molecule has 0 fully saturated rings. The molecule has 1 rings (SSSR count). The van der Waals surface area contributed by atoms with Gasteiger partial charge in [-0.1, -0.05) is 0 Å². The number of alkyl halides is 3. The molecule has 0 aliphatic heterocycles. The van der Waals surface area contributed by atoms with Crippen LogP contribution in [0.25, 0.3) is 0 Å². The molecule has 0 aliphatic rings. The third-order valence-corrected chi connectivity index (χ3v) is 2.72. The number of thiazole rings is 1. The molecule has 1 atom stereocenters. The number of hydrogen-bond acceptors (Lipinski definition) is 4. The van der Waals surface area contributed by atoms with Crippen molar-refractivity contribution in [1.29, 1.82) is 0 Å². The Balaban J connectivity index is 2.67. The summed E-state index contributed by atoms with van der Waals surface area (Å²) in [5.41, 5.74) is 0. The summed E-state index contributed by atoms with van der Waals surface area (Å²) in [5, 5.41) is 8.46. The number of aromatic nitrogens is 1. The lowest BCUT2D eigenvalue weighted by atomic mass is 10.3. The second kappa shape index (κ2) is 4.91. The maximum absolute atomic E-state index is 12.2. The highest BCUT2D eigenvalue weighted by molar-refractivity contribution is 7.11. The molecule has 0 radical (unpaired) electrons. The van der Waals surface area contributed by atoms with Crippen molar-refractivity contribution in [3.8, 4) is 0 Å². The summed E-state index contributed by atoms with van der Waals surface area (Å²) in [6.07, 6.45) is -4.47. The Morgan fingerprint density at radius 1 is 1.60 bits per heavy atom. The van der Waals surface area contributed by atoms with Crippen molar-refractivity contribution >= 4 is 11.3 Å². The van der Waals surface area contributed by atoms with E-state index in [0.717, 1.165) is 6.20 Å². The Morgan fingerprint density at radius 3 is 2.73 bits per heavy atom. The summed E-state index contributed by atoms with van der Waals surface area (Å²) < 4.78 is 41.3. The van der Waals surface area contributed by atoms with Crippen LogP contribution in [-0.2, 0) is 10.9 Å². The van der Waals surface area contributed by atoms with E-state index in [9.17, 15) is 18.3 Å². The molecule has 15 heavy (non-hydrogen) atoms. The number of halogens is 3. The zero-order valence-electron chi connectivity index (χ0n) is 7.91. The molecule has 0 spiro atoms. The van der Waals surface area contributed by atoms with Gasteiger partial charge in [0.1, 0.15) is 6.10 Å². The van der Waals surface area contributed by atoms with Gasteiger partial charge >= 0.3 is 6.18 Å². The topological polar surface area (TPSA) is 42.4 Å². The molecule has 3 nitrogen and oxygen atoms in total. The molecule has 0 bridgehead atoms. The van der Waals surface area contributed by atoms with Gasteiger partial charge in [0.25, 0.3) is 0 Å². The minimum absolute atomic E-state index is 0.0179. The summed E-state index contributed by atoms with van der Waals surface area (Å²) >= 11 is 0.432. The number of aliphatic hydroxyl groups excluding tert-OH is 1. The highest BCUT2D eigenvalue weighted by Crippen LogP contribution is 2.34. The number of hydrogen-bond donors (Lipinski definition) is 1. The second-order valence-electron chi connectivity index (χ2n) is 2.74. The van der Waals surface area contributed by atoms with Crippen molar-refractivity contribution in [2.75, 3.05) is 13.2 Å². The molecule has 1 unspecified atom stereocenters. The Bertz CT molecular complexity index is 313. The van der Waals surface area contributed by atoms with E-state index in [-0.39, 0.29) is 11.5 Å². The van der Waals surface area contributed by atoms with E-state index in [0.29, 0.717) is 17.9 Å². The standard InChI is InChI=1S/C8H10F3NO2S/c1-2-14-4-5(13)6-3-12-7(15-6)8(9,10)11/h3,5,13H,2,4H2,1H3. The van der Waals surface area contributed by atoms with Crippen LogP contribution in [0.2, 0.25) is 0 Å². The minimum atomic E-state index is -4.45. The number of aliphatic hydroxyl groups is 1. The molecular weight excluding hydrogens is 231 g/mol. The van der Waals surface area contributed by atoms with Crippen LogP contribution in [0.3, 0.4) is 0 Å². The van der Waals surface area contributed by atoms with Crippen molar-refractivity contribution in [3.63, 3.8) is 0 Å². The molecular formula is C8H10F3NO2S. The molecule has 1 heterocycles. The van der Waals surface area contributed by atoms with Gasteiger partial charge < -0.3 is 9.84 Å². The maximum atomic E-state index is 12.2. The third-order valence-electron chi connectivity index (χ3n) is 1.57. The first-order valence-corrected chi connectivity index (χ1v) is 5.05. The van der Waals surface area contributed by atoms with E-state index in [1.165, 1.54) is 0 Å². The largest absolute Gasteiger partial charge is 0.443 e. The van der Waals surface area contributed by atoms with Crippen LogP contribution in [0.15, 0.2) is 6.20 Å². The minimum Gasteiger partial charge on any atom is -0.385 e. The molecule has 0 aliphatic carbocycles. The number of rotatable bonds is 4.